The van der Waals surface area contributed by atoms with Crippen LogP contribution in [0.4, 0.5) is 0 Å². The molecule has 4 aliphatic carbocycles. The number of hydrogen-bond donors (Lipinski definition) is 2. The number of ether oxygens (including phenoxy) is 2. The number of hydrogen-bond acceptors (Lipinski definition) is 6. The van der Waals surface area contributed by atoms with E-state index in [2.05, 4.69) is 35.5 Å². The van der Waals surface area contributed by atoms with Gasteiger partial charge in [-0.1, -0.05) is 12.1 Å². The number of phenolic OH excluding ortho intramolecular Hbond substituents is 1. The number of nitrogens with zero attached hydrogens (tertiary/aromatic N) is 1. The van der Waals surface area contributed by atoms with Gasteiger partial charge in [-0.3, -0.25) is 0 Å². The van der Waals surface area contributed by atoms with E-state index in [9.17, 15) is 10.2 Å². The lowest BCUT2D eigenvalue weighted by Gasteiger charge is -2.74. The summed E-state index contributed by atoms with van der Waals surface area (Å²) in [6, 6.07) is 8.60. The molecule has 1 aromatic carbocycles. The highest BCUT2D eigenvalue weighted by molar-refractivity contribution is 7.09. The molecule has 2 N–H and O–H groups in total. The Bertz CT molecular complexity index is 1150. The Morgan fingerprint density at radius 1 is 1.26 bits per heavy atom. The number of rotatable bonds is 5. The molecule has 0 unspecified atom stereocenters. The number of thiophene rings is 1. The first kappa shape index (κ1) is 21.7. The number of benzene rings is 1. The van der Waals surface area contributed by atoms with Crippen LogP contribution in [0.2, 0.25) is 0 Å². The highest BCUT2D eigenvalue weighted by atomic mass is 32.1. The minimum absolute atomic E-state index is 0.0224. The molecule has 4 bridgehead atoms. The summed E-state index contributed by atoms with van der Waals surface area (Å²) in [5.41, 5.74) is 1.02. The van der Waals surface area contributed by atoms with Crippen LogP contribution in [-0.4, -0.2) is 59.2 Å². The molecule has 5 nitrogen and oxygen atoms in total. The van der Waals surface area contributed by atoms with Crippen LogP contribution in [0.5, 0.6) is 11.5 Å². The first-order valence-electron chi connectivity index (χ1n) is 12.8. The number of likely N-dealkylation sites (tertiary alicyclic amines) is 1. The van der Waals surface area contributed by atoms with Crippen molar-refractivity contribution >= 4 is 11.3 Å². The molecule has 6 heteroatoms. The fourth-order valence-corrected chi connectivity index (χ4v) is 10.1. The molecule has 3 saturated carbocycles. The van der Waals surface area contributed by atoms with E-state index in [4.69, 9.17) is 9.47 Å². The zero-order valence-corrected chi connectivity index (χ0v) is 21.2. The minimum Gasteiger partial charge on any atom is -0.504 e. The van der Waals surface area contributed by atoms with Crippen LogP contribution in [0.3, 0.4) is 0 Å². The molecule has 4 fully saturated rings. The van der Waals surface area contributed by atoms with E-state index in [1.807, 2.05) is 20.1 Å². The highest BCUT2D eigenvalue weighted by Gasteiger charge is 2.81. The number of aliphatic hydroxyl groups is 1. The highest BCUT2D eigenvalue weighted by Crippen LogP contribution is 2.77. The third-order valence-corrected chi connectivity index (χ3v) is 11.8. The molecule has 2 aliphatic heterocycles. The van der Waals surface area contributed by atoms with Gasteiger partial charge >= 0.3 is 0 Å². The largest absolute Gasteiger partial charge is 0.504 e. The van der Waals surface area contributed by atoms with Crippen LogP contribution in [0, 0.1) is 11.3 Å². The molecule has 2 spiro atoms. The number of methoxy groups -OCH3 is 1. The van der Waals surface area contributed by atoms with E-state index in [-0.39, 0.29) is 28.6 Å². The predicted octanol–water partition coefficient (Wildman–Crippen LogP) is 4.28. The van der Waals surface area contributed by atoms with Crippen molar-refractivity contribution in [2.75, 3.05) is 20.7 Å². The second-order valence-electron chi connectivity index (χ2n) is 11.9. The fourth-order valence-electron chi connectivity index (χ4n) is 9.42. The first-order valence-corrected chi connectivity index (χ1v) is 13.7. The van der Waals surface area contributed by atoms with Crippen LogP contribution in [0.1, 0.15) is 55.0 Å². The Balaban J connectivity index is 1.39. The Kier molecular flexibility index (Phi) is 4.32. The Hall–Kier alpha value is -1.60. The Morgan fingerprint density at radius 2 is 2.12 bits per heavy atom. The lowest BCUT2D eigenvalue weighted by molar-refractivity contribution is -0.301. The lowest BCUT2D eigenvalue weighted by Crippen LogP contribution is -2.82. The molecule has 8 rings (SSSR count). The van der Waals surface area contributed by atoms with E-state index in [0.717, 1.165) is 45.1 Å². The predicted molar refractivity (Wildman–Crippen MR) is 132 cm³/mol. The maximum atomic E-state index is 12.1. The standard InChI is InChI=1S/C28H35NO4S/c1-25(31,9-8-18-5-4-14-34-18)20-16-26-10-11-28(20,32-3)24-27(26)12-13-29(2)21(26)15-17-6-7-19(30)23(33-24)22(17)27/h4-7,14,20-21,24,30-31H,8-13,15-16H2,1-3H3/t20-,21-,24-,25-,26-,27+,28-/m1/s1. The summed E-state index contributed by atoms with van der Waals surface area (Å²) >= 11 is 1.76. The maximum absolute atomic E-state index is 12.1. The third kappa shape index (κ3) is 2.32. The van der Waals surface area contributed by atoms with E-state index >= 15 is 0 Å². The van der Waals surface area contributed by atoms with Gasteiger partial charge in [0, 0.05) is 40.3 Å². The lowest BCUT2D eigenvalue weighted by atomic mass is 9.33. The molecule has 1 saturated heterocycles. The molecule has 7 atom stereocenters. The average molecular weight is 482 g/mol. The van der Waals surface area contributed by atoms with Crippen molar-refractivity contribution in [3.8, 4) is 11.5 Å². The van der Waals surface area contributed by atoms with Crippen LogP contribution in [-0.2, 0) is 23.0 Å². The van der Waals surface area contributed by atoms with Crippen LogP contribution < -0.4 is 4.74 Å². The van der Waals surface area contributed by atoms with Crippen molar-refractivity contribution in [2.45, 2.75) is 80.6 Å². The summed E-state index contributed by atoms with van der Waals surface area (Å²) in [5, 5.41) is 25.1. The number of aromatic hydroxyl groups is 1. The monoisotopic (exact) mass is 481 g/mol. The van der Waals surface area contributed by atoms with Crippen molar-refractivity contribution in [3.63, 3.8) is 0 Å². The second-order valence-corrected chi connectivity index (χ2v) is 12.9. The normalized spacial score (nSPS) is 41.1. The zero-order chi connectivity index (χ0) is 23.5. The number of piperidine rings is 1. The molecule has 2 aromatic rings. The second kappa shape index (κ2) is 6.78. The average Bonchev–Trinajstić information content (AvgIpc) is 3.48. The molecular formula is C28H35NO4S. The van der Waals surface area contributed by atoms with Crippen molar-refractivity contribution in [2.24, 2.45) is 11.3 Å². The van der Waals surface area contributed by atoms with Gasteiger partial charge in [0.15, 0.2) is 11.5 Å². The van der Waals surface area contributed by atoms with Gasteiger partial charge in [-0.25, -0.2) is 0 Å². The summed E-state index contributed by atoms with van der Waals surface area (Å²) in [7, 11) is 4.10. The number of likely N-dealkylation sites (N-methyl/N-ethyl adjacent to an activating group) is 1. The van der Waals surface area contributed by atoms with Crippen LogP contribution in [0.25, 0.3) is 0 Å². The first-order chi connectivity index (χ1) is 16.3. The van der Waals surface area contributed by atoms with Gasteiger partial charge in [0.05, 0.1) is 5.60 Å². The van der Waals surface area contributed by atoms with Crippen molar-refractivity contribution < 1.29 is 19.7 Å². The van der Waals surface area contributed by atoms with Crippen LogP contribution in [0.15, 0.2) is 29.6 Å². The SMILES string of the molecule is CO[C@]12CC[C@@]3(C[C@@H]1[C@](C)(O)CCc1cccs1)[C@H]1Cc4ccc(O)c5c4[C@@]3(CCN1C)[C@H]2O5. The van der Waals surface area contributed by atoms with Gasteiger partial charge in [0.2, 0.25) is 0 Å². The molecule has 0 radical (unpaired) electrons. The summed E-state index contributed by atoms with van der Waals surface area (Å²) < 4.78 is 13.4. The van der Waals surface area contributed by atoms with Gasteiger partial charge in [0.25, 0.3) is 0 Å². The minimum atomic E-state index is -0.873. The third-order valence-electron chi connectivity index (χ3n) is 10.8. The number of phenols is 1. The van der Waals surface area contributed by atoms with Gasteiger partial charge in [-0.15, -0.1) is 11.3 Å². The molecule has 1 aromatic heterocycles. The molecule has 6 aliphatic rings. The maximum Gasteiger partial charge on any atom is 0.165 e. The van der Waals surface area contributed by atoms with E-state index < -0.39 is 11.2 Å². The van der Waals surface area contributed by atoms with Crippen LogP contribution >= 0.6 is 11.3 Å². The number of aryl methyl sites for hydroxylation is 1. The Labute approximate surface area is 205 Å². The van der Waals surface area contributed by atoms with Crippen molar-refractivity contribution in [1.82, 2.24) is 4.90 Å². The number of fused-ring (bicyclic) bond motifs is 2. The van der Waals surface area contributed by atoms with Gasteiger partial charge in [0.1, 0.15) is 11.7 Å². The Morgan fingerprint density at radius 3 is 2.88 bits per heavy atom. The topological polar surface area (TPSA) is 62.2 Å². The summed E-state index contributed by atoms with van der Waals surface area (Å²) in [5.74, 6) is 0.919. The van der Waals surface area contributed by atoms with Crippen molar-refractivity contribution in [3.05, 3.63) is 45.6 Å². The van der Waals surface area contributed by atoms with Gasteiger partial charge in [-0.2, -0.15) is 0 Å². The summed E-state index contributed by atoms with van der Waals surface area (Å²) in [6.07, 6.45) is 6.34. The quantitative estimate of drug-likeness (QED) is 0.668. The summed E-state index contributed by atoms with van der Waals surface area (Å²) in [4.78, 5) is 3.88. The van der Waals surface area contributed by atoms with E-state index in [1.54, 1.807) is 11.3 Å². The molecular weight excluding hydrogens is 446 g/mol. The molecule has 182 valence electrons. The fraction of sp³-hybridized carbons (Fsp3) is 0.643. The molecule has 3 heterocycles. The van der Waals surface area contributed by atoms with Gasteiger partial charge < -0.3 is 24.6 Å². The molecule has 34 heavy (non-hydrogen) atoms. The van der Waals surface area contributed by atoms with E-state index in [0.29, 0.717) is 18.2 Å². The van der Waals surface area contributed by atoms with Gasteiger partial charge in [-0.05, 0) is 88.5 Å². The molecule has 0 amide bonds. The summed E-state index contributed by atoms with van der Waals surface area (Å²) in [6.45, 7) is 3.06. The van der Waals surface area contributed by atoms with Crippen molar-refractivity contribution in [1.29, 1.82) is 0 Å². The van der Waals surface area contributed by atoms with E-state index in [1.165, 1.54) is 16.0 Å². The zero-order valence-electron chi connectivity index (χ0n) is 20.3. The smallest absolute Gasteiger partial charge is 0.165 e.